The summed E-state index contributed by atoms with van der Waals surface area (Å²) < 4.78 is 38.9. The molecule has 0 heterocycles. The van der Waals surface area contributed by atoms with Crippen LogP contribution in [-0.4, -0.2) is 20.1 Å². The van der Waals surface area contributed by atoms with Crippen LogP contribution in [0.4, 0.5) is 0 Å². The van der Waals surface area contributed by atoms with Crippen molar-refractivity contribution < 1.29 is 38.9 Å². The molecule has 0 unspecified atom stereocenters. The Morgan fingerprint density at radius 3 is 2.14 bits per heavy atom. The third-order valence-electron chi connectivity index (χ3n) is 3.53. The van der Waals surface area contributed by atoms with Gasteiger partial charge in [-0.1, -0.05) is 23.8 Å². The summed E-state index contributed by atoms with van der Waals surface area (Å²) in [6.45, 7) is 1.82. The van der Waals surface area contributed by atoms with Gasteiger partial charge in [-0.15, -0.1) is 0 Å². The normalized spacial score (nSPS) is 10.4. The summed E-state index contributed by atoms with van der Waals surface area (Å²) in [5.41, 5.74) is 1.66. The number of methoxy groups -OCH3 is 1. The van der Waals surface area contributed by atoms with Gasteiger partial charge in [-0.2, -0.15) is 5.26 Å². The standard InChI is InChI=1S/C14H11INO.C7H8O3S/c1-17-14-7-5-12(6-8-14)15-13-4-2-3-11(9-13)10-16;1-6-2-4-7(5-3-6)11(8,9)10/h2-9H,1H3;2-5H,1H3,(H,8,9,10)/q+1;/p-1. The molecular formula is C21H18INO4S. The molecule has 0 aliphatic rings. The molecule has 3 aromatic rings. The molecule has 0 atom stereocenters. The van der Waals surface area contributed by atoms with E-state index in [4.69, 9.17) is 10.00 Å². The zero-order valence-electron chi connectivity index (χ0n) is 15.3. The van der Waals surface area contributed by atoms with Crippen LogP contribution in [0.3, 0.4) is 0 Å². The molecule has 0 aromatic heterocycles. The lowest BCUT2D eigenvalue weighted by Crippen LogP contribution is -3.61. The van der Waals surface area contributed by atoms with Gasteiger partial charge < -0.3 is 9.29 Å². The highest BCUT2D eigenvalue weighted by Gasteiger charge is 2.15. The fraction of sp³-hybridized carbons (Fsp3) is 0.0952. The minimum atomic E-state index is -4.27. The average Bonchev–Trinajstić information content (AvgIpc) is 2.69. The van der Waals surface area contributed by atoms with Gasteiger partial charge in [-0.05, 0) is 55.5 Å². The zero-order valence-corrected chi connectivity index (χ0v) is 18.3. The molecule has 3 rings (SSSR count). The van der Waals surface area contributed by atoms with Crippen molar-refractivity contribution in [2.24, 2.45) is 0 Å². The molecular weight excluding hydrogens is 489 g/mol. The maximum atomic E-state index is 10.4. The second-order valence-electron chi connectivity index (χ2n) is 5.64. The summed E-state index contributed by atoms with van der Waals surface area (Å²) in [7, 11) is -2.60. The predicted octanol–water partition coefficient (Wildman–Crippen LogP) is 0.594. The largest absolute Gasteiger partial charge is 0.744 e. The van der Waals surface area contributed by atoms with Crippen molar-refractivity contribution in [2.45, 2.75) is 11.8 Å². The number of benzene rings is 3. The topological polar surface area (TPSA) is 90.2 Å². The first-order valence-corrected chi connectivity index (χ1v) is 11.7. The molecule has 5 nitrogen and oxygen atoms in total. The van der Waals surface area contributed by atoms with Crippen LogP contribution in [0.1, 0.15) is 11.1 Å². The van der Waals surface area contributed by atoms with Crippen LogP contribution in [-0.2, 0) is 10.1 Å². The van der Waals surface area contributed by atoms with E-state index in [9.17, 15) is 13.0 Å². The minimum absolute atomic E-state index is 0.178. The Kier molecular flexibility index (Phi) is 7.99. The summed E-state index contributed by atoms with van der Waals surface area (Å²) in [6.07, 6.45) is 0. The third-order valence-corrected chi connectivity index (χ3v) is 7.02. The Balaban J connectivity index is 0.000000221. The van der Waals surface area contributed by atoms with Gasteiger partial charge in [0.25, 0.3) is 0 Å². The van der Waals surface area contributed by atoms with Gasteiger partial charge >= 0.3 is 21.2 Å². The number of hydrogen-bond acceptors (Lipinski definition) is 5. The summed E-state index contributed by atoms with van der Waals surface area (Å²) in [6, 6.07) is 23.9. The van der Waals surface area contributed by atoms with Crippen LogP contribution in [0.5, 0.6) is 5.75 Å². The Labute approximate surface area is 175 Å². The smallest absolute Gasteiger partial charge is 0.357 e. The molecule has 0 aliphatic carbocycles. The van der Waals surface area contributed by atoms with Gasteiger partial charge in [0.1, 0.15) is 15.9 Å². The van der Waals surface area contributed by atoms with E-state index in [0.717, 1.165) is 16.9 Å². The molecule has 28 heavy (non-hydrogen) atoms. The highest BCUT2D eigenvalue weighted by atomic mass is 127. The number of halogens is 1. The van der Waals surface area contributed by atoms with E-state index in [1.807, 2.05) is 37.3 Å². The van der Waals surface area contributed by atoms with Gasteiger partial charge in [-0.3, -0.25) is 0 Å². The van der Waals surface area contributed by atoms with Crippen molar-refractivity contribution in [3.05, 3.63) is 91.1 Å². The lowest BCUT2D eigenvalue weighted by molar-refractivity contribution is -0.597. The Morgan fingerprint density at radius 1 is 0.964 bits per heavy atom. The summed E-state index contributed by atoms with van der Waals surface area (Å²) in [5, 5.41) is 8.84. The Hall–Kier alpha value is -2.41. The lowest BCUT2D eigenvalue weighted by atomic mass is 10.2. The zero-order chi connectivity index (χ0) is 20.6. The monoisotopic (exact) mass is 507 g/mol. The van der Waals surface area contributed by atoms with Crippen molar-refractivity contribution >= 4 is 10.1 Å². The third kappa shape index (κ3) is 6.96. The SMILES string of the molecule is COc1ccc([I+]c2cccc(C#N)c2)cc1.Cc1ccc(S(=O)(=O)[O-])cc1. The van der Waals surface area contributed by atoms with Gasteiger partial charge in [0, 0.05) is 6.07 Å². The van der Waals surface area contributed by atoms with E-state index in [1.165, 1.54) is 19.3 Å². The average molecular weight is 507 g/mol. The van der Waals surface area contributed by atoms with Crippen LogP contribution in [0.25, 0.3) is 0 Å². The second-order valence-corrected chi connectivity index (χ2v) is 10.1. The van der Waals surface area contributed by atoms with Crippen LogP contribution < -0.4 is 25.9 Å². The first-order valence-electron chi connectivity index (χ1n) is 8.13. The molecule has 0 spiro atoms. The maximum Gasteiger partial charge on any atom is 0.357 e. The van der Waals surface area contributed by atoms with E-state index in [-0.39, 0.29) is 26.1 Å². The van der Waals surface area contributed by atoms with Gasteiger partial charge in [0.2, 0.25) is 0 Å². The molecule has 0 bridgehead atoms. The summed E-state index contributed by atoms with van der Waals surface area (Å²) in [4.78, 5) is -0.178. The number of hydrogen-bond donors (Lipinski definition) is 0. The van der Waals surface area contributed by atoms with Gasteiger partial charge in [-0.25, -0.2) is 8.42 Å². The number of aryl methyl sites for hydroxylation is 1. The number of rotatable bonds is 4. The first kappa shape index (κ1) is 21.9. The summed E-state index contributed by atoms with van der Waals surface area (Å²) in [5.74, 6) is 0.878. The van der Waals surface area contributed by atoms with E-state index >= 15 is 0 Å². The molecule has 3 aromatic carbocycles. The van der Waals surface area contributed by atoms with E-state index in [2.05, 4.69) is 24.3 Å². The van der Waals surface area contributed by atoms with E-state index in [0.29, 0.717) is 0 Å². The Bertz CT molecular complexity index is 1060. The molecule has 0 saturated carbocycles. The van der Waals surface area contributed by atoms with Gasteiger partial charge in [0.05, 0.1) is 23.6 Å². The first-order chi connectivity index (χ1) is 13.3. The molecule has 0 saturated heterocycles. The van der Waals surface area contributed by atoms with Crippen molar-refractivity contribution in [1.82, 2.24) is 0 Å². The van der Waals surface area contributed by atoms with E-state index < -0.39 is 10.1 Å². The number of ether oxygens (including phenoxy) is 1. The van der Waals surface area contributed by atoms with Crippen molar-refractivity contribution in [1.29, 1.82) is 5.26 Å². The Morgan fingerprint density at radius 2 is 1.61 bits per heavy atom. The lowest BCUT2D eigenvalue weighted by Gasteiger charge is -2.05. The quantitative estimate of drug-likeness (QED) is 0.381. The van der Waals surface area contributed by atoms with Crippen LogP contribution in [0.15, 0.2) is 77.7 Å². The molecule has 0 aliphatic heterocycles. The highest BCUT2D eigenvalue weighted by Crippen LogP contribution is 2.08. The van der Waals surface area contributed by atoms with Crippen LogP contribution in [0.2, 0.25) is 0 Å². The second kappa shape index (κ2) is 10.2. The fourth-order valence-corrected chi connectivity index (χ4v) is 4.87. The molecule has 7 heteroatoms. The highest BCUT2D eigenvalue weighted by molar-refractivity contribution is 7.85. The predicted molar refractivity (Wildman–Crippen MR) is 101 cm³/mol. The molecule has 0 amide bonds. The van der Waals surface area contributed by atoms with Crippen molar-refractivity contribution in [3.63, 3.8) is 0 Å². The van der Waals surface area contributed by atoms with Gasteiger partial charge in [0.15, 0.2) is 7.14 Å². The molecule has 0 radical (unpaired) electrons. The molecule has 0 fully saturated rings. The van der Waals surface area contributed by atoms with E-state index in [1.54, 1.807) is 19.2 Å². The van der Waals surface area contributed by atoms with Crippen molar-refractivity contribution in [3.8, 4) is 11.8 Å². The molecule has 144 valence electrons. The van der Waals surface area contributed by atoms with Crippen LogP contribution in [0, 0.1) is 25.4 Å². The number of nitriles is 1. The van der Waals surface area contributed by atoms with Crippen molar-refractivity contribution in [2.75, 3.05) is 7.11 Å². The fourth-order valence-electron chi connectivity index (χ4n) is 2.08. The summed E-state index contributed by atoms with van der Waals surface area (Å²) >= 11 is -0.219. The molecule has 0 N–H and O–H groups in total. The maximum absolute atomic E-state index is 10.4. The minimum Gasteiger partial charge on any atom is -0.744 e. The number of nitrogens with zero attached hydrogens (tertiary/aromatic N) is 1. The van der Waals surface area contributed by atoms with Crippen LogP contribution >= 0.6 is 0 Å².